The van der Waals surface area contributed by atoms with E-state index in [1.807, 2.05) is 48.7 Å². The first-order chi connectivity index (χ1) is 18.9. The lowest BCUT2D eigenvalue weighted by molar-refractivity contribution is 0.102. The summed E-state index contributed by atoms with van der Waals surface area (Å²) in [7, 11) is 1.66. The Balaban J connectivity index is 1.34. The highest BCUT2D eigenvalue weighted by molar-refractivity contribution is 7.99. The molecule has 0 radical (unpaired) electrons. The van der Waals surface area contributed by atoms with Gasteiger partial charge in [0, 0.05) is 47.1 Å². The molecule has 5 aromatic rings. The molecule has 0 N–H and O–H groups in total. The van der Waals surface area contributed by atoms with Gasteiger partial charge >= 0.3 is 0 Å². The topological polar surface area (TPSA) is 74.8 Å². The summed E-state index contributed by atoms with van der Waals surface area (Å²) in [6.07, 6.45) is 4.21. The summed E-state index contributed by atoms with van der Waals surface area (Å²) in [6.45, 7) is 4.79. The van der Waals surface area contributed by atoms with E-state index in [1.165, 1.54) is 29.5 Å². The Kier molecular flexibility index (Phi) is 7.88. The van der Waals surface area contributed by atoms with Crippen molar-refractivity contribution in [3.8, 4) is 22.8 Å². The number of thioether (sulfide) groups is 1. The molecule has 0 fully saturated rings. The second-order valence-electron chi connectivity index (χ2n) is 9.10. The van der Waals surface area contributed by atoms with Gasteiger partial charge in [-0.2, -0.15) is 0 Å². The number of carbonyl (C=O) groups is 1. The number of nitrogens with zero attached hydrogens (tertiary/aromatic N) is 5. The zero-order chi connectivity index (χ0) is 27.4. The van der Waals surface area contributed by atoms with E-state index in [4.69, 9.17) is 4.74 Å². The lowest BCUT2D eigenvalue weighted by atomic mass is 10.1. The van der Waals surface area contributed by atoms with Crippen molar-refractivity contribution in [2.24, 2.45) is 0 Å². The van der Waals surface area contributed by atoms with Crippen molar-refractivity contribution in [2.75, 3.05) is 12.9 Å². The van der Waals surface area contributed by atoms with Crippen LogP contribution in [0.15, 0.2) is 84.3 Å². The maximum Gasteiger partial charge on any atom is 0.196 e. The lowest BCUT2D eigenvalue weighted by Crippen LogP contribution is -2.09. The molecule has 2 aromatic carbocycles. The van der Waals surface area contributed by atoms with Crippen LogP contribution in [0.3, 0.4) is 0 Å². The van der Waals surface area contributed by atoms with Gasteiger partial charge in [-0.25, -0.2) is 4.39 Å². The number of pyridine rings is 1. The number of benzene rings is 2. The molecule has 5 rings (SSSR count). The number of rotatable bonds is 10. The van der Waals surface area contributed by atoms with Gasteiger partial charge in [0.1, 0.15) is 11.6 Å². The third-order valence-corrected chi connectivity index (χ3v) is 7.58. The van der Waals surface area contributed by atoms with Crippen LogP contribution in [-0.4, -0.2) is 43.0 Å². The molecule has 0 unspecified atom stereocenters. The average Bonchev–Trinajstić information content (AvgIpc) is 3.52. The van der Waals surface area contributed by atoms with E-state index in [0.717, 1.165) is 35.7 Å². The van der Waals surface area contributed by atoms with Crippen LogP contribution in [0.25, 0.3) is 17.1 Å². The number of carbonyl (C=O) groups excluding carboxylic acids is 1. The molecule has 0 bridgehead atoms. The number of methoxy groups -OCH3 is 1. The largest absolute Gasteiger partial charge is 0.497 e. The molecule has 9 heteroatoms. The van der Waals surface area contributed by atoms with Crippen LogP contribution in [0.2, 0.25) is 0 Å². The number of hydrogen-bond donors (Lipinski definition) is 0. The van der Waals surface area contributed by atoms with Crippen LogP contribution in [0.5, 0.6) is 5.75 Å². The molecule has 3 aromatic heterocycles. The van der Waals surface area contributed by atoms with Crippen molar-refractivity contribution in [1.29, 1.82) is 0 Å². The second kappa shape index (κ2) is 11.7. The Morgan fingerprint density at radius 3 is 2.38 bits per heavy atom. The van der Waals surface area contributed by atoms with Gasteiger partial charge in [0.15, 0.2) is 16.8 Å². The maximum absolute atomic E-state index is 13.6. The summed E-state index contributed by atoms with van der Waals surface area (Å²) >= 11 is 1.31. The van der Waals surface area contributed by atoms with Gasteiger partial charge in [0.25, 0.3) is 0 Å². The number of hydrogen-bond acceptors (Lipinski definition) is 6. The minimum absolute atomic E-state index is 0.0166. The number of aryl methyl sites for hydroxylation is 2. The predicted molar refractivity (Wildman–Crippen MR) is 150 cm³/mol. The van der Waals surface area contributed by atoms with E-state index in [0.29, 0.717) is 22.2 Å². The van der Waals surface area contributed by atoms with Crippen LogP contribution in [0, 0.1) is 19.7 Å². The van der Waals surface area contributed by atoms with Crippen LogP contribution < -0.4 is 4.74 Å². The third-order valence-electron chi connectivity index (χ3n) is 6.65. The summed E-state index contributed by atoms with van der Waals surface area (Å²) in [4.78, 5) is 17.4. The van der Waals surface area contributed by atoms with Crippen molar-refractivity contribution in [3.63, 3.8) is 0 Å². The highest BCUT2D eigenvalue weighted by atomic mass is 32.2. The van der Waals surface area contributed by atoms with E-state index in [1.54, 1.807) is 31.6 Å². The molecule has 7 nitrogen and oxygen atoms in total. The maximum atomic E-state index is 13.6. The SMILES string of the molecule is COc1ccc(CCn2c(C)cc(C(=O)CSc3nnc(-c4ccncc4)n3-c3ccc(F)cc3)c2C)cc1. The third kappa shape index (κ3) is 5.78. The van der Waals surface area contributed by atoms with Crippen molar-refractivity contribution < 1.29 is 13.9 Å². The number of ether oxygens (including phenoxy) is 1. The summed E-state index contributed by atoms with van der Waals surface area (Å²) in [5.41, 5.74) is 5.43. The summed E-state index contributed by atoms with van der Waals surface area (Å²) in [5, 5.41) is 9.31. The van der Waals surface area contributed by atoms with Gasteiger partial charge in [-0.05, 0) is 80.4 Å². The fourth-order valence-corrected chi connectivity index (χ4v) is 5.38. The van der Waals surface area contributed by atoms with Crippen LogP contribution in [0.1, 0.15) is 27.3 Å². The molecule has 0 aliphatic heterocycles. The van der Waals surface area contributed by atoms with Crippen molar-refractivity contribution in [1.82, 2.24) is 24.3 Å². The van der Waals surface area contributed by atoms with Crippen molar-refractivity contribution in [2.45, 2.75) is 32.0 Å². The van der Waals surface area contributed by atoms with Gasteiger partial charge in [-0.15, -0.1) is 10.2 Å². The van der Waals surface area contributed by atoms with E-state index in [2.05, 4.69) is 31.9 Å². The van der Waals surface area contributed by atoms with Gasteiger partial charge in [-0.3, -0.25) is 14.3 Å². The Morgan fingerprint density at radius 2 is 1.69 bits per heavy atom. The highest BCUT2D eigenvalue weighted by Gasteiger charge is 2.20. The summed E-state index contributed by atoms with van der Waals surface area (Å²) < 4.78 is 22.9. The van der Waals surface area contributed by atoms with Crippen molar-refractivity contribution in [3.05, 3.63) is 107 Å². The second-order valence-corrected chi connectivity index (χ2v) is 10.0. The molecule has 198 valence electrons. The average molecular weight is 542 g/mol. The number of Topliss-reactive ketones (excluding diaryl/α,β-unsaturated/α-hetero) is 1. The van der Waals surface area contributed by atoms with E-state index >= 15 is 0 Å². The minimum atomic E-state index is -0.330. The number of halogens is 1. The predicted octanol–water partition coefficient (Wildman–Crippen LogP) is 6.11. The van der Waals surface area contributed by atoms with E-state index in [9.17, 15) is 9.18 Å². The van der Waals surface area contributed by atoms with Gasteiger partial charge < -0.3 is 9.30 Å². The molecule has 3 heterocycles. The number of aromatic nitrogens is 5. The fourth-order valence-electron chi connectivity index (χ4n) is 4.54. The fraction of sp³-hybridized carbons (Fsp3) is 0.200. The first kappa shape index (κ1) is 26.4. The van der Waals surface area contributed by atoms with Crippen LogP contribution in [-0.2, 0) is 13.0 Å². The molecular formula is C30H28FN5O2S. The van der Waals surface area contributed by atoms with Crippen LogP contribution in [0.4, 0.5) is 4.39 Å². The summed E-state index contributed by atoms with van der Waals surface area (Å²) in [5.74, 6) is 1.31. The zero-order valence-electron chi connectivity index (χ0n) is 22.0. The van der Waals surface area contributed by atoms with Crippen molar-refractivity contribution >= 4 is 17.5 Å². The standard InChI is InChI=1S/C30H28FN5O2S/c1-20-18-27(21(2)35(20)17-14-22-4-10-26(38-3)11-5-22)28(37)19-39-30-34-33-29(23-12-15-32-16-13-23)36(30)25-8-6-24(31)7-9-25/h4-13,15-16,18H,14,17,19H2,1-3H3. The first-order valence-electron chi connectivity index (χ1n) is 12.5. The smallest absolute Gasteiger partial charge is 0.196 e. The van der Waals surface area contributed by atoms with E-state index in [-0.39, 0.29) is 17.4 Å². The quantitative estimate of drug-likeness (QED) is 0.157. The molecule has 0 spiro atoms. The first-order valence-corrected chi connectivity index (χ1v) is 13.5. The molecular weight excluding hydrogens is 513 g/mol. The molecule has 0 aliphatic rings. The zero-order valence-corrected chi connectivity index (χ0v) is 22.8. The molecule has 0 aliphatic carbocycles. The molecule has 0 saturated carbocycles. The van der Waals surface area contributed by atoms with Gasteiger partial charge in [-0.1, -0.05) is 23.9 Å². The Bertz CT molecular complexity index is 1580. The highest BCUT2D eigenvalue weighted by Crippen LogP contribution is 2.29. The Morgan fingerprint density at radius 1 is 0.974 bits per heavy atom. The normalized spacial score (nSPS) is 11.1. The monoisotopic (exact) mass is 541 g/mol. The number of ketones is 1. The molecule has 39 heavy (non-hydrogen) atoms. The Labute approximate surface area is 230 Å². The Hall–Kier alpha value is -4.24. The molecule has 0 atom stereocenters. The van der Waals surface area contributed by atoms with Gasteiger partial charge in [0.2, 0.25) is 0 Å². The van der Waals surface area contributed by atoms with Crippen LogP contribution >= 0.6 is 11.8 Å². The summed E-state index contributed by atoms with van der Waals surface area (Å²) in [6, 6.07) is 19.8. The molecule has 0 saturated heterocycles. The lowest BCUT2D eigenvalue weighted by Gasteiger charge is -2.11. The molecule has 0 amide bonds. The van der Waals surface area contributed by atoms with Gasteiger partial charge in [0.05, 0.1) is 12.9 Å². The minimum Gasteiger partial charge on any atom is -0.497 e. The van der Waals surface area contributed by atoms with E-state index < -0.39 is 0 Å².